The topological polar surface area (TPSA) is 111 Å². The molecule has 1 amide bonds. The van der Waals surface area contributed by atoms with E-state index in [1.54, 1.807) is 18.2 Å². The molecule has 0 aliphatic rings. The molecule has 0 saturated carbocycles. The predicted molar refractivity (Wildman–Crippen MR) is 177 cm³/mol. The fraction of sp³-hybridized carbons (Fsp3) is 0.0938. The largest absolute Gasteiger partial charge is 0.493 e. The second-order valence-corrected chi connectivity index (χ2v) is 11.4. The summed E-state index contributed by atoms with van der Waals surface area (Å²) in [7, 11) is 4.37. The molecule has 0 fully saturated rings. The van der Waals surface area contributed by atoms with Gasteiger partial charge in [-0.3, -0.25) is 4.79 Å². The van der Waals surface area contributed by atoms with Gasteiger partial charge in [0.15, 0.2) is 17.2 Å². The number of aromatic nitrogens is 1. The summed E-state index contributed by atoms with van der Waals surface area (Å²) in [6.07, 6.45) is 1.38. The summed E-state index contributed by atoms with van der Waals surface area (Å²) in [5.41, 5.74) is 5.60. The van der Waals surface area contributed by atoms with Gasteiger partial charge >= 0.3 is 5.97 Å². The molecule has 0 spiro atoms. The van der Waals surface area contributed by atoms with Gasteiger partial charge in [0.25, 0.3) is 5.91 Å². The van der Waals surface area contributed by atoms with Gasteiger partial charge in [-0.2, -0.15) is 5.10 Å². The van der Waals surface area contributed by atoms with Crippen molar-refractivity contribution < 1.29 is 28.5 Å². The third kappa shape index (κ3) is 6.30. The lowest BCUT2D eigenvalue weighted by Gasteiger charge is -2.15. The Hall–Kier alpha value is -4.32. The lowest BCUT2D eigenvalue weighted by molar-refractivity contribution is 0.0732. The molecule has 4 aromatic carbocycles. The van der Waals surface area contributed by atoms with Gasteiger partial charge in [0.1, 0.15) is 5.69 Å². The molecular weight excluding hydrogens is 718 g/mol. The molecule has 0 bridgehead atoms. The van der Waals surface area contributed by atoms with Gasteiger partial charge in [0, 0.05) is 21.0 Å². The summed E-state index contributed by atoms with van der Waals surface area (Å²) in [6, 6.07) is 21.4. The van der Waals surface area contributed by atoms with Gasteiger partial charge in [-0.25, -0.2) is 10.2 Å². The quantitative estimate of drug-likeness (QED) is 0.0686. The van der Waals surface area contributed by atoms with Gasteiger partial charge < -0.3 is 23.9 Å². The van der Waals surface area contributed by atoms with Gasteiger partial charge in [0.2, 0.25) is 5.75 Å². The zero-order valence-corrected chi connectivity index (χ0v) is 27.5. The van der Waals surface area contributed by atoms with Crippen LogP contribution >= 0.6 is 43.5 Å². The van der Waals surface area contributed by atoms with E-state index < -0.39 is 11.9 Å². The van der Waals surface area contributed by atoms with Crippen LogP contribution < -0.4 is 24.4 Å². The zero-order chi connectivity index (χ0) is 31.4. The minimum Gasteiger partial charge on any atom is -0.493 e. The number of hydrogen-bond donors (Lipinski definition) is 2. The number of methoxy groups -OCH3 is 3. The van der Waals surface area contributed by atoms with Crippen molar-refractivity contribution in [3.8, 4) is 34.1 Å². The highest BCUT2D eigenvalue weighted by Gasteiger charge is 2.22. The summed E-state index contributed by atoms with van der Waals surface area (Å²) in [5, 5.41) is 5.47. The third-order valence-corrected chi connectivity index (χ3v) is 7.94. The summed E-state index contributed by atoms with van der Waals surface area (Å²) in [6.45, 7) is 0. The van der Waals surface area contributed by atoms with Crippen molar-refractivity contribution in [3.05, 3.63) is 104 Å². The van der Waals surface area contributed by atoms with Crippen LogP contribution in [0.4, 0.5) is 0 Å². The molecule has 5 rings (SSSR count). The van der Waals surface area contributed by atoms with E-state index in [1.165, 1.54) is 39.7 Å². The standard InChI is InChI=1S/C32H24Br2ClN3O6/c1-41-24-13-18(14-25(42-2)30(24)43-3)32(40)44-29-19(12-20(33)15-22(29)34)16-36-38-31(39)28-26(17-8-5-4-6-9-17)21-10-7-11-23(35)27(21)37-28/h4-16,37H,1-3H3,(H,38,39). The number of esters is 1. The number of nitrogens with one attached hydrogen (secondary N) is 2. The number of para-hydroxylation sites is 1. The monoisotopic (exact) mass is 739 g/mol. The lowest BCUT2D eigenvalue weighted by atomic mass is 10.0. The van der Waals surface area contributed by atoms with Gasteiger partial charge in [-0.1, -0.05) is 70.0 Å². The SMILES string of the molecule is COc1cc(C(=O)Oc2c(Br)cc(Br)cc2C=NNC(=O)c2[nH]c3c(Cl)cccc3c2-c2ccccc2)cc(OC)c1OC. The summed E-state index contributed by atoms with van der Waals surface area (Å²) in [5.74, 6) is -0.0663. The molecule has 0 unspecified atom stereocenters. The Balaban J connectivity index is 1.44. The maximum atomic E-state index is 13.4. The number of H-pyrrole nitrogens is 1. The molecule has 0 radical (unpaired) electrons. The highest BCUT2D eigenvalue weighted by atomic mass is 79.9. The van der Waals surface area contributed by atoms with Crippen LogP contribution in [0.1, 0.15) is 26.4 Å². The molecule has 9 nitrogen and oxygen atoms in total. The number of carbonyl (C=O) groups is 2. The Labute approximate surface area is 274 Å². The molecule has 0 aliphatic carbocycles. The molecule has 44 heavy (non-hydrogen) atoms. The predicted octanol–water partition coefficient (Wildman–Crippen LogP) is 8.02. The van der Waals surface area contributed by atoms with Crippen LogP contribution in [0.2, 0.25) is 5.02 Å². The van der Waals surface area contributed by atoms with Crippen molar-refractivity contribution in [3.63, 3.8) is 0 Å². The molecule has 224 valence electrons. The van der Waals surface area contributed by atoms with Crippen LogP contribution in [0, 0.1) is 0 Å². The Bertz CT molecular complexity index is 1880. The highest BCUT2D eigenvalue weighted by Crippen LogP contribution is 2.39. The number of fused-ring (bicyclic) bond motifs is 1. The van der Waals surface area contributed by atoms with Crippen molar-refractivity contribution in [1.29, 1.82) is 0 Å². The molecule has 0 aliphatic heterocycles. The molecule has 5 aromatic rings. The third-order valence-electron chi connectivity index (χ3n) is 6.57. The fourth-order valence-corrected chi connectivity index (χ4v) is 6.17. The number of aromatic amines is 1. The van der Waals surface area contributed by atoms with E-state index in [-0.39, 0.29) is 11.3 Å². The van der Waals surface area contributed by atoms with Crippen molar-refractivity contribution in [2.24, 2.45) is 5.10 Å². The zero-order valence-electron chi connectivity index (χ0n) is 23.5. The van der Waals surface area contributed by atoms with Crippen LogP contribution in [-0.2, 0) is 0 Å². The van der Waals surface area contributed by atoms with Gasteiger partial charge in [-0.15, -0.1) is 0 Å². The minimum atomic E-state index is -0.687. The number of halogens is 3. The van der Waals surface area contributed by atoms with Crippen molar-refractivity contribution >= 4 is 72.5 Å². The van der Waals surface area contributed by atoms with E-state index in [9.17, 15) is 9.59 Å². The molecule has 1 heterocycles. The number of ether oxygens (including phenoxy) is 4. The second-order valence-electron chi connectivity index (χ2n) is 9.21. The van der Waals surface area contributed by atoms with Crippen LogP contribution in [0.3, 0.4) is 0 Å². The first-order chi connectivity index (χ1) is 21.2. The Morgan fingerprint density at radius 1 is 0.886 bits per heavy atom. The van der Waals surface area contributed by atoms with Gasteiger partial charge in [0.05, 0.1) is 48.1 Å². The normalized spacial score (nSPS) is 11.0. The second kappa shape index (κ2) is 13.5. The Morgan fingerprint density at radius 3 is 2.25 bits per heavy atom. The van der Waals surface area contributed by atoms with E-state index in [2.05, 4.69) is 47.4 Å². The minimum absolute atomic E-state index is 0.163. The summed E-state index contributed by atoms with van der Waals surface area (Å²) < 4.78 is 23.0. The Kier molecular flexibility index (Phi) is 9.58. The first-order valence-electron chi connectivity index (χ1n) is 13.0. The number of rotatable bonds is 9. The average molecular weight is 742 g/mol. The first kappa shape index (κ1) is 31.1. The smallest absolute Gasteiger partial charge is 0.343 e. The molecular formula is C32H24Br2ClN3O6. The van der Waals surface area contributed by atoms with E-state index in [0.29, 0.717) is 53.6 Å². The fourth-order valence-electron chi connectivity index (χ4n) is 4.61. The number of hydrogen-bond acceptors (Lipinski definition) is 7. The Morgan fingerprint density at radius 2 is 1.59 bits per heavy atom. The maximum Gasteiger partial charge on any atom is 0.343 e. The number of benzene rings is 4. The van der Waals surface area contributed by atoms with Crippen LogP contribution in [0.5, 0.6) is 23.0 Å². The molecule has 2 N–H and O–H groups in total. The van der Waals surface area contributed by atoms with Crippen molar-refractivity contribution in [2.45, 2.75) is 0 Å². The first-order valence-corrected chi connectivity index (χ1v) is 14.9. The molecule has 1 aromatic heterocycles. The molecule has 12 heteroatoms. The number of amides is 1. The average Bonchev–Trinajstić information content (AvgIpc) is 3.43. The highest BCUT2D eigenvalue weighted by molar-refractivity contribution is 9.11. The van der Waals surface area contributed by atoms with E-state index in [0.717, 1.165) is 10.9 Å². The van der Waals surface area contributed by atoms with Crippen LogP contribution in [0.15, 0.2) is 86.8 Å². The van der Waals surface area contributed by atoms with E-state index in [1.807, 2.05) is 42.5 Å². The van der Waals surface area contributed by atoms with Crippen molar-refractivity contribution in [1.82, 2.24) is 10.4 Å². The van der Waals surface area contributed by atoms with E-state index >= 15 is 0 Å². The molecule has 0 atom stereocenters. The number of carbonyl (C=O) groups excluding carboxylic acids is 2. The van der Waals surface area contributed by atoms with Crippen molar-refractivity contribution in [2.75, 3.05) is 21.3 Å². The number of hydrazone groups is 1. The molecule has 0 saturated heterocycles. The lowest BCUT2D eigenvalue weighted by Crippen LogP contribution is -2.19. The summed E-state index contributed by atoms with van der Waals surface area (Å²) >= 11 is 13.3. The summed E-state index contributed by atoms with van der Waals surface area (Å²) in [4.78, 5) is 29.8. The maximum absolute atomic E-state index is 13.4. The van der Waals surface area contributed by atoms with Gasteiger partial charge in [-0.05, 0) is 51.8 Å². The van der Waals surface area contributed by atoms with Crippen LogP contribution in [-0.4, -0.2) is 44.4 Å². The number of nitrogens with zero attached hydrogens (tertiary/aromatic N) is 1. The van der Waals surface area contributed by atoms with E-state index in [4.69, 9.17) is 30.5 Å². The van der Waals surface area contributed by atoms with Crippen LogP contribution in [0.25, 0.3) is 22.0 Å².